The molecule has 0 fully saturated rings. The van der Waals surface area contributed by atoms with Crippen LogP contribution >= 0.6 is 15.9 Å². The van der Waals surface area contributed by atoms with Crippen molar-refractivity contribution in [3.8, 4) is 0 Å². The lowest BCUT2D eigenvalue weighted by atomic mass is 10.1. The number of nitrogens with zero attached hydrogens (tertiary/aromatic N) is 4. The van der Waals surface area contributed by atoms with E-state index in [-0.39, 0.29) is 5.69 Å². The maximum atomic E-state index is 13.8. The predicted molar refractivity (Wildman–Crippen MR) is 78.7 cm³/mol. The Morgan fingerprint density at radius 1 is 1.50 bits per heavy atom. The highest BCUT2D eigenvalue weighted by atomic mass is 79.9. The van der Waals surface area contributed by atoms with Gasteiger partial charge in [0.25, 0.3) is 0 Å². The maximum Gasteiger partial charge on any atom is 0.146 e. The number of aromatic nitrogens is 3. The lowest BCUT2D eigenvalue weighted by molar-refractivity contribution is 0.367. The molecule has 7 heteroatoms. The number of halogens is 2. The molecule has 0 aliphatic heterocycles. The minimum atomic E-state index is -0.657. The molecule has 0 aliphatic rings. The third-order valence-corrected chi connectivity index (χ3v) is 3.58. The van der Waals surface area contributed by atoms with Crippen molar-refractivity contribution in [2.24, 2.45) is 5.73 Å². The molecular weight excluding hydrogens is 325 g/mol. The summed E-state index contributed by atoms with van der Waals surface area (Å²) < 4.78 is 16.4. The van der Waals surface area contributed by atoms with Crippen LogP contribution in [0.1, 0.15) is 17.4 Å². The summed E-state index contributed by atoms with van der Waals surface area (Å²) in [4.78, 5) is 6.09. The van der Waals surface area contributed by atoms with E-state index in [9.17, 15) is 4.39 Å². The van der Waals surface area contributed by atoms with Gasteiger partial charge in [0.15, 0.2) is 0 Å². The Bertz CT molecular complexity index is 584. The van der Waals surface area contributed by atoms with Gasteiger partial charge in [0.05, 0.1) is 34.6 Å². The fourth-order valence-corrected chi connectivity index (χ4v) is 2.45. The largest absolute Gasteiger partial charge is 0.318 e. The lowest BCUT2D eigenvalue weighted by Crippen LogP contribution is -2.24. The Balaban J connectivity index is 2.32. The zero-order chi connectivity index (χ0) is 14.7. The van der Waals surface area contributed by atoms with Gasteiger partial charge in [-0.25, -0.2) is 4.39 Å². The van der Waals surface area contributed by atoms with Gasteiger partial charge < -0.3 is 10.6 Å². The van der Waals surface area contributed by atoms with E-state index in [0.717, 1.165) is 16.7 Å². The van der Waals surface area contributed by atoms with Crippen molar-refractivity contribution in [2.75, 3.05) is 20.6 Å². The minimum absolute atomic E-state index is 0.222. The number of likely N-dealkylation sites (N-methyl/N-ethyl adjacent to an activating group) is 1. The predicted octanol–water partition coefficient (Wildman–Crippen LogP) is 1.79. The van der Waals surface area contributed by atoms with Gasteiger partial charge in [-0.3, -0.25) is 9.67 Å². The van der Waals surface area contributed by atoms with Crippen molar-refractivity contribution in [1.29, 1.82) is 0 Å². The van der Waals surface area contributed by atoms with Crippen molar-refractivity contribution >= 4 is 15.9 Å². The molecule has 0 spiro atoms. The second-order valence-corrected chi connectivity index (χ2v) is 5.61. The van der Waals surface area contributed by atoms with Crippen molar-refractivity contribution in [2.45, 2.75) is 12.6 Å². The average molecular weight is 342 g/mol. The van der Waals surface area contributed by atoms with Gasteiger partial charge in [0, 0.05) is 12.7 Å². The summed E-state index contributed by atoms with van der Waals surface area (Å²) >= 11 is 3.42. The summed E-state index contributed by atoms with van der Waals surface area (Å²) in [5, 5.41) is 4.28. The van der Waals surface area contributed by atoms with Crippen molar-refractivity contribution in [3.63, 3.8) is 0 Å². The van der Waals surface area contributed by atoms with Gasteiger partial charge in [-0.2, -0.15) is 5.10 Å². The molecule has 0 saturated heterocycles. The molecule has 2 heterocycles. The summed E-state index contributed by atoms with van der Waals surface area (Å²) in [6.07, 6.45) is 3.21. The minimum Gasteiger partial charge on any atom is -0.318 e. The normalized spacial score (nSPS) is 12.9. The topological polar surface area (TPSA) is 60.0 Å². The standard InChI is InChI=1S/C13H17BrFN5/c1-19(2)6-7-20-13(9(14)8-18-20)11(16)12-10(15)4-3-5-17-12/h3-5,8,11H,6-7,16H2,1-2H3. The number of pyridine rings is 1. The fraction of sp³-hybridized carbons (Fsp3) is 0.385. The van der Waals surface area contributed by atoms with Gasteiger partial charge in [-0.15, -0.1) is 0 Å². The molecule has 2 aromatic heterocycles. The summed E-state index contributed by atoms with van der Waals surface area (Å²) in [7, 11) is 3.97. The molecule has 2 N–H and O–H groups in total. The summed E-state index contributed by atoms with van der Waals surface area (Å²) in [6, 6.07) is 2.25. The molecule has 0 radical (unpaired) electrons. The molecule has 1 unspecified atom stereocenters. The number of hydrogen-bond donors (Lipinski definition) is 1. The molecule has 5 nitrogen and oxygen atoms in total. The monoisotopic (exact) mass is 341 g/mol. The molecule has 1 atom stereocenters. The third-order valence-electron chi connectivity index (χ3n) is 2.97. The molecule has 0 aromatic carbocycles. The first-order valence-electron chi connectivity index (χ1n) is 6.22. The Hall–Kier alpha value is -1.31. The van der Waals surface area contributed by atoms with Crippen LogP contribution in [-0.2, 0) is 6.54 Å². The van der Waals surface area contributed by atoms with E-state index in [2.05, 4.69) is 26.0 Å². The molecular formula is C13H17BrFN5. The highest BCUT2D eigenvalue weighted by Crippen LogP contribution is 2.26. The highest BCUT2D eigenvalue weighted by Gasteiger charge is 2.22. The quantitative estimate of drug-likeness (QED) is 0.900. The smallest absolute Gasteiger partial charge is 0.146 e. The van der Waals surface area contributed by atoms with E-state index >= 15 is 0 Å². The van der Waals surface area contributed by atoms with Crippen LogP contribution in [0.5, 0.6) is 0 Å². The van der Waals surface area contributed by atoms with Crippen molar-refractivity contribution in [3.05, 3.63) is 46.2 Å². The van der Waals surface area contributed by atoms with E-state index in [1.807, 2.05) is 19.0 Å². The average Bonchev–Trinajstić information content (AvgIpc) is 2.77. The van der Waals surface area contributed by atoms with Crippen LogP contribution in [0.15, 0.2) is 29.0 Å². The van der Waals surface area contributed by atoms with Gasteiger partial charge in [0.2, 0.25) is 0 Å². The van der Waals surface area contributed by atoms with Crippen LogP contribution in [0.25, 0.3) is 0 Å². The molecule has 0 amide bonds. The van der Waals surface area contributed by atoms with E-state index in [1.54, 1.807) is 16.9 Å². The summed E-state index contributed by atoms with van der Waals surface area (Å²) in [5.74, 6) is -0.410. The molecule has 108 valence electrons. The SMILES string of the molecule is CN(C)CCn1ncc(Br)c1C(N)c1ncccc1F. The number of nitrogens with two attached hydrogens (primary N) is 1. The van der Waals surface area contributed by atoms with Crippen molar-refractivity contribution in [1.82, 2.24) is 19.7 Å². The Morgan fingerprint density at radius 3 is 2.90 bits per heavy atom. The maximum absolute atomic E-state index is 13.8. The molecule has 0 bridgehead atoms. The van der Waals surface area contributed by atoms with Crippen LogP contribution in [0.4, 0.5) is 4.39 Å². The van der Waals surface area contributed by atoms with Crippen LogP contribution in [0.2, 0.25) is 0 Å². The van der Waals surface area contributed by atoms with Crippen LogP contribution in [-0.4, -0.2) is 40.3 Å². The Labute approximate surface area is 125 Å². The van der Waals surface area contributed by atoms with E-state index in [4.69, 9.17) is 5.73 Å². The van der Waals surface area contributed by atoms with Crippen molar-refractivity contribution < 1.29 is 4.39 Å². The molecule has 2 rings (SSSR count). The van der Waals surface area contributed by atoms with Crippen LogP contribution in [0.3, 0.4) is 0 Å². The van der Waals surface area contributed by atoms with Crippen LogP contribution in [0, 0.1) is 5.82 Å². The molecule has 0 aliphatic carbocycles. The van der Waals surface area contributed by atoms with E-state index in [1.165, 1.54) is 12.3 Å². The first kappa shape index (κ1) is 15.1. The lowest BCUT2D eigenvalue weighted by Gasteiger charge is -2.17. The zero-order valence-electron chi connectivity index (χ0n) is 11.4. The van der Waals surface area contributed by atoms with Crippen LogP contribution < -0.4 is 5.73 Å². The van der Waals surface area contributed by atoms with Gasteiger partial charge >= 0.3 is 0 Å². The van der Waals surface area contributed by atoms with Gasteiger partial charge in [0.1, 0.15) is 5.82 Å². The Morgan fingerprint density at radius 2 is 2.25 bits per heavy atom. The summed E-state index contributed by atoms with van der Waals surface area (Å²) in [6.45, 7) is 1.49. The fourth-order valence-electron chi connectivity index (χ4n) is 1.91. The number of rotatable bonds is 5. The van der Waals surface area contributed by atoms with E-state index < -0.39 is 11.9 Å². The number of hydrogen-bond acceptors (Lipinski definition) is 4. The zero-order valence-corrected chi connectivity index (χ0v) is 13.0. The summed E-state index contributed by atoms with van der Waals surface area (Å²) in [5.41, 5.74) is 7.11. The Kier molecular flexibility index (Phi) is 4.85. The van der Waals surface area contributed by atoms with E-state index in [0.29, 0.717) is 6.54 Å². The second kappa shape index (κ2) is 6.43. The third kappa shape index (κ3) is 3.23. The molecule has 2 aromatic rings. The highest BCUT2D eigenvalue weighted by molar-refractivity contribution is 9.10. The molecule has 20 heavy (non-hydrogen) atoms. The van der Waals surface area contributed by atoms with Gasteiger partial charge in [-0.1, -0.05) is 0 Å². The molecule has 0 saturated carbocycles. The van der Waals surface area contributed by atoms with Gasteiger partial charge in [-0.05, 0) is 42.2 Å². The first-order valence-corrected chi connectivity index (χ1v) is 7.02. The second-order valence-electron chi connectivity index (χ2n) is 4.75. The first-order chi connectivity index (χ1) is 9.50.